The van der Waals surface area contributed by atoms with Crippen LogP contribution in [0.25, 0.3) is 0 Å². The van der Waals surface area contributed by atoms with Gasteiger partial charge in [-0.1, -0.05) is 18.0 Å². The van der Waals surface area contributed by atoms with Crippen LogP contribution in [0.15, 0.2) is 23.6 Å². The summed E-state index contributed by atoms with van der Waals surface area (Å²) in [4.78, 5) is 19.3. The number of ether oxygens (including phenoxy) is 1. The molecule has 1 aromatic carbocycles. The number of piperidine rings is 1. The number of aryl methyl sites for hydroxylation is 1. The zero-order valence-electron chi connectivity index (χ0n) is 15.1. The molecule has 0 saturated carbocycles. The number of rotatable bonds is 6. The van der Waals surface area contributed by atoms with Crippen molar-refractivity contribution in [2.75, 3.05) is 18.4 Å². The smallest absolute Gasteiger partial charge is 0.266 e. The number of thiazole rings is 1. The number of hydrogen-bond donors (Lipinski definition) is 1. The fraction of sp³-hybridized carbons (Fsp3) is 0.474. The summed E-state index contributed by atoms with van der Waals surface area (Å²) in [7, 11) is 0. The minimum atomic E-state index is -0.621. The minimum Gasteiger partial charge on any atom is -0.481 e. The highest BCUT2D eigenvalue weighted by atomic mass is 35.5. The van der Waals surface area contributed by atoms with E-state index in [1.165, 1.54) is 30.6 Å². The van der Waals surface area contributed by atoms with Crippen LogP contribution in [0, 0.1) is 6.92 Å². The van der Waals surface area contributed by atoms with E-state index in [2.05, 4.69) is 15.2 Å². The number of hydrogen-bond acceptors (Lipinski definition) is 5. The molecule has 140 valence electrons. The van der Waals surface area contributed by atoms with Crippen LogP contribution in [-0.2, 0) is 11.3 Å². The molecule has 1 aromatic heterocycles. The molecule has 1 aliphatic rings. The topological polar surface area (TPSA) is 54.5 Å². The lowest BCUT2D eigenvalue weighted by atomic mass is 10.1. The van der Waals surface area contributed by atoms with Crippen LogP contribution in [0.3, 0.4) is 0 Å². The predicted molar refractivity (Wildman–Crippen MR) is 106 cm³/mol. The van der Waals surface area contributed by atoms with Crippen molar-refractivity contribution in [1.82, 2.24) is 9.88 Å². The first-order chi connectivity index (χ1) is 12.5. The van der Waals surface area contributed by atoms with Crippen molar-refractivity contribution in [1.29, 1.82) is 0 Å². The summed E-state index contributed by atoms with van der Waals surface area (Å²) < 4.78 is 5.76. The second kappa shape index (κ2) is 8.84. The van der Waals surface area contributed by atoms with Gasteiger partial charge in [-0.2, -0.15) is 0 Å². The monoisotopic (exact) mass is 393 g/mol. The average Bonchev–Trinajstić information content (AvgIpc) is 3.05. The second-order valence-electron chi connectivity index (χ2n) is 6.64. The molecule has 1 saturated heterocycles. The van der Waals surface area contributed by atoms with E-state index in [0.717, 1.165) is 30.9 Å². The van der Waals surface area contributed by atoms with Crippen LogP contribution in [0.1, 0.15) is 37.4 Å². The molecule has 0 radical (unpaired) electrons. The summed E-state index contributed by atoms with van der Waals surface area (Å²) in [6, 6.07) is 5.35. The van der Waals surface area contributed by atoms with Crippen molar-refractivity contribution in [3.8, 4) is 5.75 Å². The number of halogens is 1. The highest BCUT2D eigenvalue weighted by Gasteiger charge is 2.18. The van der Waals surface area contributed by atoms with Gasteiger partial charge in [-0.05, 0) is 63.5 Å². The number of amides is 1. The summed E-state index contributed by atoms with van der Waals surface area (Å²) in [5.41, 5.74) is 1.91. The van der Waals surface area contributed by atoms with E-state index in [4.69, 9.17) is 16.3 Å². The average molecular weight is 394 g/mol. The van der Waals surface area contributed by atoms with Crippen LogP contribution in [0.5, 0.6) is 5.75 Å². The number of nitrogens with zero attached hydrogens (tertiary/aromatic N) is 2. The molecule has 7 heteroatoms. The van der Waals surface area contributed by atoms with E-state index in [-0.39, 0.29) is 5.91 Å². The molecule has 1 aliphatic heterocycles. The molecule has 0 bridgehead atoms. The first kappa shape index (κ1) is 19.1. The number of aromatic nitrogens is 1. The Kier molecular flexibility index (Phi) is 6.51. The third-order valence-electron chi connectivity index (χ3n) is 4.43. The molecule has 2 aromatic rings. The van der Waals surface area contributed by atoms with Crippen LogP contribution in [-0.4, -0.2) is 35.0 Å². The third kappa shape index (κ3) is 5.19. The molecule has 1 atom stereocenters. The maximum atomic E-state index is 12.4. The number of carbonyl (C=O) groups is 1. The Hall–Kier alpha value is -1.63. The van der Waals surface area contributed by atoms with Crippen LogP contribution >= 0.6 is 22.9 Å². The molecule has 26 heavy (non-hydrogen) atoms. The first-order valence-corrected chi connectivity index (χ1v) is 10.2. The number of likely N-dealkylation sites (tertiary alicyclic amines) is 1. The number of anilines is 1. The summed E-state index contributed by atoms with van der Waals surface area (Å²) in [6.07, 6.45) is 3.21. The van der Waals surface area contributed by atoms with Crippen molar-refractivity contribution >= 4 is 34.0 Å². The Morgan fingerprint density at radius 3 is 2.88 bits per heavy atom. The zero-order valence-corrected chi connectivity index (χ0v) is 16.7. The summed E-state index contributed by atoms with van der Waals surface area (Å²) in [6.45, 7) is 6.74. The van der Waals surface area contributed by atoms with Crippen molar-refractivity contribution in [3.63, 3.8) is 0 Å². The van der Waals surface area contributed by atoms with Crippen molar-refractivity contribution in [2.45, 2.75) is 45.8 Å². The van der Waals surface area contributed by atoms with Gasteiger partial charge in [0, 0.05) is 16.9 Å². The van der Waals surface area contributed by atoms with E-state index in [9.17, 15) is 4.79 Å². The number of carbonyl (C=O) groups excluding carboxylic acids is 1. The number of benzene rings is 1. The van der Waals surface area contributed by atoms with Crippen LogP contribution < -0.4 is 10.1 Å². The largest absolute Gasteiger partial charge is 0.481 e. The Morgan fingerprint density at radius 2 is 2.15 bits per heavy atom. The maximum Gasteiger partial charge on any atom is 0.266 e. The lowest BCUT2D eigenvalue weighted by molar-refractivity contribution is -0.122. The normalized spacial score (nSPS) is 16.3. The summed E-state index contributed by atoms with van der Waals surface area (Å²) in [5.74, 6) is 0.445. The number of nitrogens with one attached hydrogen (secondary N) is 1. The van der Waals surface area contributed by atoms with Gasteiger partial charge in [0.2, 0.25) is 0 Å². The molecular weight excluding hydrogens is 370 g/mol. The van der Waals surface area contributed by atoms with Gasteiger partial charge >= 0.3 is 0 Å². The van der Waals surface area contributed by atoms with E-state index in [0.29, 0.717) is 15.9 Å². The standard InChI is InChI=1S/C19H24ClN3O2S/c1-13-10-15(20)6-7-17(13)25-14(2)18(24)22-19-21-16(12-26-19)11-23-8-4-3-5-9-23/h6-7,10,12,14H,3-5,8-9,11H2,1-2H3,(H,21,22,24)/t14-/m0/s1. The van der Waals surface area contributed by atoms with Gasteiger partial charge in [0.1, 0.15) is 5.75 Å². The molecule has 1 N–H and O–H groups in total. The lowest BCUT2D eigenvalue weighted by Crippen LogP contribution is -2.30. The van der Waals surface area contributed by atoms with Crippen LogP contribution in [0.4, 0.5) is 5.13 Å². The third-order valence-corrected chi connectivity index (χ3v) is 5.47. The van der Waals surface area contributed by atoms with Gasteiger partial charge in [-0.3, -0.25) is 15.0 Å². The van der Waals surface area contributed by atoms with Crippen molar-refractivity contribution < 1.29 is 9.53 Å². The SMILES string of the molecule is Cc1cc(Cl)ccc1O[C@@H](C)C(=O)Nc1nc(CN2CCCCC2)cs1. The van der Waals surface area contributed by atoms with Gasteiger partial charge < -0.3 is 4.74 Å². The van der Waals surface area contributed by atoms with E-state index in [1.807, 2.05) is 18.4 Å². The lowest BCUT2D eigenvalue weighted by Gasteiger charge is -2.25. The molecule has 1 fully saturated rings. The molecule has 0 spiro atoms. The Labute approximate surface area is 163 Å². The van der Waals surface area contributed by atoms with Gasteiger partial charge in [0.25, 0.3) is 5.91 Å². The van der Waals surface area contributed by atoms with E-state index in [1.54, 1.807) is 19.1 Å². The highest BCUT2D eigenvalue weighted by Crippen LogP contribution is 2.24. The van der Waals surface area contributed by atoms with Crippen molar-refractivity contribution in [3.05, 3.63) is 39.9 Å². The van der Waals surface area contributed by atoms with E-state index >= 15 is 0 Å². The van der Waals surface area contributed by atoms with Gasteiger partial charge in [0.15, 0.2) is 11.2 Å². The molecule has 1 amide bonds. The second-order valence-corrected chi connectivity index (χ2v) is 7.93. The summed E-state index contributed by atoms with van der Waals surface area (Å²) >= 11 is 7.40. The molecule has 3 rings (SSSR count). The van der Waals surface area contributed by atoms with Crippen molar-refractivity contribution in [2.24, 2.45) is 0 Å². The molecular formula is C19H24ClN3O2S. The molecule has 0 unspecified atom stereocenters. The Morgan fingerprint density at radius 1 is 1.38 bits per heavy atom. The Bertz CT molecular complexity index is 759. The van der Waals surface area contributed by atoms with E-state index < -0.39 is 6.10 Å². The quantitative estimate of drug-likeness (QED) is 0.785. The van der Waals surface area contributed by atoms with Gasteiger partial charge in [-0.15, -0.1) is 11.3 Å². The minimum absolute atomic E-state index is 0.210. The fourth-order valence-corrected chi connectivity index (χ4v) is 3.91. The molecule has 0 aliphatic carbocycles. The highest BCUT2D eigenvalue weighted by molar-refractivity contribution is 7.13. The zero-order chi connectivity index (χ0) is 18.5. The fourth-order valence-electron chi connectivity index (χ4n) is 2.98. The summed E-state index contributed by atoms with van der Waals surface area (Å²) in [5, 5.41) is 6.13. The molecule has 5 nitrogen and oxygen atoms in total. The molecule has 2 heterocycles. The first-order valence-electron chi connectivity index (χ1n) is 8.91. The van der Waals surface area contributed by atoms with Crippen LogP contribution in [0.2, 0.25) is 5.02 Å². The van der Waals surface area contributed by atoms with Gasteiger partial charge in [-0.25, -0.2) is 4.98 Å². The predicted octanol–water partition coefficient (Wildman–Crippen LogP) is 4.50. The Balaban J connectivity index is 1.53. The maximum absolute atomic E-state index is 12.4. The van der Waals surface area contributed by atoms with Gasteiger partial charge in [0.05, 0.1) is 5.69 Å².